The summed E-state index contributed by atoms with van der Waals surface area (Å²) < 4.78 is 56.5. The van der Waals surface area contributed by atoms with Crippen molar-refractivity contribution in [2.24, 2.45) is 0 Å². The maximum Gasteiger partial charge on any atom is 0.416 e. The van der Waals surface area contributed by atoms with E-state index in [0.29, 0.717) is 18.7 Å². The quantitative estimate of drug-likeness (QED) is 0.559. The molecule has 8 heteroatoms. The Balaban J connectivity index is 1.58. The Morgan fingerprint density at radius 3 is 2.41 bits per heavy atom. The van der Waals surface area contributed by atoms with Gasteiger partial charge in [-0.05, 0) is 42.0 Å². The fourth-order valence-corrected chi connectivity index (χ4v) is 3.53. The van der Waals surface area contributed by atoms with Gasteiger partial charge in [0.1, 0.15) is 11.9 Å². The number of amides is 1. The van der Waals surface area contributed by atoms with E-state index in [-0.39, 0.29) is 24.0 Å². The molecule has 0 radical (unpaired) electrons. The number of alkyl halides is 3. The molecule has 27 heavy (non-hydrogen) atoms. The molecule has 0 saturated carbocycles. The van der Waals surface area contributed by atoms with Crippen LogP contribution in [-0.2, 0) is 15.7 Å². The highest BCUT2D eigenvalue weighted by molar-refractivity contribution is 8.00. The van der Waals surface area contributed by atoms with Gasteiger partial charge in [-0.15, -0.1) is 11.8 Å². The number of hydrogen-bond donors (Lipinski definition) is 0. The molecule has 1 aliphatic heterocycles. The van der Waals surface area contributed by atoms with Crippen LogP contribution in [0.2, 0.25) is 0 Å². The minimum atomic E-state index is -4.38. The normalized spacial score (nSPS) is 17.8. The van der Waals surface area contributed by atoms with Gasteiger partial charge in [0.25, 0.3) is 0 Å². The van der Waals surface area contributed by atoms with Crippen LogP contribution in [0, 0.1) is 5.82 Å². The molecule has 0 bridgehead atoms. The topological polar surface area (TPSA) is 29.5 Å². The van der Waals surface area contributed by atoms with Crippen LogP contribution >= 0.6 is 11.8 Å². The Labute approximate surface area is 158 Å². The number of ether oxygens (including phenoxy) is 1. The Hall–Kier alpha value is -2.06. The highest BCUT2D eigenvalue weighted by Gasteiger charge is 2.31. The minimum Gasteiger partial charge on any atom is -0.370 e. The van der Waals surface area contributed by atoms with Crippen LogP contribution in [0.4, 0.5) is 17.6 Å². The minimum absolute atomic E-state index is 0.0930. The summed E-state index contributed by atoms with van der Waals surface area (Å²) in [5, 5.41) is 0. The van der Waals surface area contributed by atoms with Crippen LogP contribution in [-0.4, -0.2) is 36.3 Å². The highest BCUT2D eigenvalue weighted by Crippen LogP contribution is 2.31. The van der Waals surface area contributed by atoms with Gasteiger partial charge in [0.15, 0.2) is 0 Å². The Morgan fingerprint density at radius 1 is 1.11 bits per heavy atom. The molecule has 2 aromatic rings. The molecular formula is C19H17F4NO2S. The van der Waals surface area contributed by atoms with E-state index in [1.54, 1.807) is 17.0 Å². The lowest BCUT2D eigenvalue weighted by molar-refractivity contribution is -0.137. The number of carbonyl (C=O) groups excluding carboxylic acids is 1. The third-order valence-corrected chi connectivity index (χ3v) is 5.20. The lowest BCUT2D eigenvalue weighted by Gasteiger charge is -2.33. The molecular weight excluding hydrogens is 382 g/mol. The predicted octanol–water partition coefficient (Wildman–Crippen LogP) is 4.54. The summed E-state index contributed by atoms with van der Waals surface area (Å²) in [6, 6.07) is 10.7. The zero-order chi connectivity index (χ0) is 19.4. The van der Waals surface area contributed by atoms with Crippen LogP contribution in [0.25, 0.3) is 0 Å². The first kappa shape index (κ1) is 19.7. The van der Waals surface area contributed by atoms with Gasteiger partial charge in [-0.3, -0.25) is 4.79 Å². The summed E-state index contributed by atoms with van der Waals surface area (Å²) in [6.07, 6.45) is -4.84. The second-order valence-electron chi connectivity index (χ2n) is 6.06. The van der Waals surface area contributed by atoms with Crippen molar-refractivity contribution < 1.29 is 27.1 Å². The van der Waals surface area contributed by atoms with E-state index in [1.807, 2.05) is 0 Å². The largest absolute Gasteiger partial charge is 0.416 e. The molecule has 0 aromatic heterocycles. The number of morpholine rings is 1. The van der Waals surface area contributed by atoms with Gasteiger partial charge in [-0.1, -0.05) is 12.1 Å². The smallest absolute Gasteiger partial charge is 0.370 e. The molecule has 1 atom stereocenters. The maximum absolute atomic E-state index is 12.9. The first-order chi connectivity index (χ1) is 12.8. The van der Waals surface area contributed by atoms with Gasteiger partial charge in [-0.2, -0.15) is 13.2 Å². The van der Waals surface area contributed by atoms with E-state index in [4.69, 9.17) is 4.74 Å². The number of nitrogens with zero attached hydrogens (tertiary/aromatic N) is 1. The summed E-state index contributed by atoms with van der Waals surface area (Å²) >= 11 is 1.31. The third kappa shape index (κ3) is 5.23. The molecule has 1 aliphatic rings. The molecule has 0 aliphatic carbocycles. The van der Waals surface area contributed by atoms with Crippen molar-refractivity contribution in [3.8, 4) is 0 Å². The number of rotatable bonds is 4. The average Bonchev–Trinajstić information content (AvgIpc) is 2.67. The van der Waals surface area contributed by atoms with Crippen molar-refractivity contribution >= 4 is 17.7 Å². The van der Waals surface area contributed by atoms with Crippen molar-refractivity contribution in [3.63, 3.8) is 0 Å². The molecule has 1 heterocycles. The maximum atomic E-state index is 12.9. The van der Waals surface area contributed by atoms with E-state index in [1.165, 1.54) is 36.0 Å². The Kier molecular flexibility index (Phi) is 6.06. The summed E-state index contributed by atoms with van der Waals surface area (Å²) in [7, 11) is 0. The summed E-state index contributed by atoms with van der Waals surface area (Å²) in [5.41, 5.74) is -0.114. The molecule has 3 rings (SSSR count). The predicted molar refractivity (Wildman–Crippen MR) is 93.8 cm³/mol. The zero-order valence-corrected chi connectivity index (χ0v) is 15.0. The third-order valence-electron chi connectivity index (χ3n) is 4.20. The van der Waals surface area contributed by atoms with E-state index in [9.17, 15) is 22.4 Å². The van der Waals surface area contributed by atoms with Crippen molar-refractivity contribution in [1.29, 1.82) is 0 Å². The summed E-state index contributed by atoms with van der Waals surface area (Å²) in [6.45, 7) is 1.03. The van der Waals surface area contributed by atoms with E-state index in [2.05, 4.69) is 0 Å². The van der Waals surface area contributed by atoms with Gasteiger partial charge >= 0.3 is 6.18 Å². The molecule has 1 fully saturated rings. The fourth-order valence-electron chi connectivity index (χ4n) is 2.73. The molecule has 3 nitrogen and oxygen atoms in total. The monoisotopic (exact) mass is 399 g/mol. The molecule has 2 aromatic carbocycles. The second kappa shape index (κ2) is 8.31. The van der Waals surface area contributed by atoms with Crippen LogP contribution in [0.3, 0.4) is 0 Å². The van der Waals surface area contributed by atoms with Crippen molar-refractivity contribution in [2.45, 2.75) is 17.2 Å². The number of halogens is 4. The van der Waals surface area contributed by atoms with Gasteiger partial charge in [0.2, 0.25) is 5.91 Å². The number of carbonyl (C=O) groups is 1. The second-order valence-corrected chi connectivity index (χ2v) is 7.11. The lowest BCUT2D eigenvalue weighted by Crippen LogP contribution is -2.43. The summed E-state index contributed by atoms with van der Waals surface area (Å²) in [5.74, 6) is -0.228. The standard InChI is InChI=1S/C19H17F4NO2S/c20-15-5-7-16(8-6-15)27-12-18(25)24-9-10-26-17(11-24)13-1-3-14(4-2-13)19(21,22)23/h1-8,17H,9-12H2/t17-/m0/s1. The molecule has 0 unspecified atom stereocenters. The molecule has 144 valence electrons. The Morgan fingerprint density at radius 2 is 1.78 bits per heavy atom. The van der Waals surface area contributed by atoms with Gasteiger partial charge in [-0.25, -0.2) is 4.39 Å². The van der Waals surface area contributed by atoms with Crippen LogP contribution in [0.5, 0.6) is 0 Å². The highest BCUT2D eigenvalue weighted by atomic mass is 32.2. The number of hydrogen-bond acceptors (Lipinski definition) is 3. The molecule has 1 amide bonds. The van der Waals surface area contributed by atoms with Crippen molar-refractivity contribution in [3.05, 3.63) is 65.5 Å². The lowest BCUT2D eigenvalue weighted by atomic mass is 10.1. The SMILES string of the molecule is O=C(CSc1ccc(F)cc1)N1CCO[C@H](c2ccc(C(F)(F)F)cc2)C1. The van der Waals surface area contributed by atoms with E-state index in [0.717, 1.165) is 17.0 Å². The van der Waals surface area contributed by atoms with Gasteiger partial charge < -0.3 is 9.64 Å². The van der Waals surface area contributed by atoms with Crippen LogP contribution < -0.4 is 0 Å². The first-order valence-electron chi connectivity index (χ1n) is 8.28. The van der Waals surface area contributed by atoms with Crippen molar-refractivity contribution in [2.75, 3.05) is 25.4 Å². The fraction of sp³-hybridized carbons (Fsp3) is 0.316. The van der Waals surface area contributed by atoms with E-state index < -0.39 is 17.8 Å². The number of thioether (sulfide) groups is 1. The molecule has 0 spiro atoms. The zero-order valence-electron chi connectivity index (χ0n) is 14.2. The average molecular weight is 399 g/mol. The van der Waals surface area contributed by atoms with Crippen molar-refractivity contribution in [1.82, 2.24) is 4.90 Å². The van der Waals surface area contributed by atoms with Gasteiger partial charge in [0, 0.05) is 11.4 Å². The van der Waals surface area contributed by atoms with E-state index >= 15 is 0 Å². The van der Waals surface area contributed by atoms with Gasteiger partial charge in [0.05, 0.1) is 24.5 Å². The number of benzene rings is 2. The molecule has 1 saturated heterocycles. The van der Waals surface area contributed by atoms with Crippen LogP contribution in [0.15, 0.2) is 53.4 Å². The first-order valence-corrected chi connectivity index (χ1v) is 9.26. The van der Waals surface area contributed by atoms with Crippen LogP contribution in [0.1, 0.15) is 17.2 Å². The summed E-state index contributed by atoms with van der Waals surface area (Å²) in [4.78, 5) is 14.9. The Bertz CT molecular complexity index is 778. The molecule has 0 N–H and O–H groups in total.